The summed E-state index contributed by atoms with van der Waals surface area (Å²) in [5.74, 6) is -0.788. The minimum atomic E-state index is -0.441. The van der Waals surface area contributed by atoms with Gasteiger partial charge in [0, 0.05) is 31.1 Å². The van der Waals surface area contributed by atoms with Crippen LogP contribution in [0, 0.1) is 13.8 Å². The van der Waals surface area contributed by atoms with E-state index in [-0.39, 0.29) is 22.7 Å². The molecule has 1 atom stereocenters. The molecule has 2 aliphatic rings. The molecule has 3 heterocycles. The van der Waals surface area contributed by atoms with Gasteiger partial charge in [-0.05, 0) is 63.5 Å². The van der Waals surface area contributed by atoms with Crippen LogP contribution >= 0.6 is 12.2 Å². The van der Waals surface area contributed by atoms with Gasteiger partial charge in [-0.15, -0.1) is 0 Å². The Labute approximate surface area is 152 Å². The topological polar surface area (TPSA) is 63.6 Å². The first-order valence-corrected chi connectivity index (χ1v) is 9.00. The average Bonchev–Trinajstić information content (AvgIpc) is 3.16. The largest absolute Gasteiger partial charge is 0.376 e. The van der Waals surface area contributed by atoms with Crippen molar-refractivity contribution in [1.82, 2.24) is 14.8 Å². The lowest BCUT2D eigenvalue weighted by Crippen LogP contribution is -2.53. The van der Waals surface area contributed by atoms with Gasteiger partial charge in [-0.2, -0.15) is 0 Å². The molecule has 1 aromatic heterocycles. The maximum Gasteiger partial charge on any atom is 0.265 e. The molecule has 0 bridgehead atoms. The second kappa shape index (κ2) is 7.09. The summed E-state index contributed by atoms with van der Waals surface area (Å²) in [7, 11) is 0. The lowest BCUT2D eigenvalue weighted by Gasteiger charge is -2.27. The fourth-order valence-electron chi connectivity index (χ4n) is 3.38. The minimum absolute atomic E-state index is 0.118. The maximum atomic E-state index is 12.5. The number of hydrogen-bond acceptors (Lipinski definition) is 4. The number of amides is 2. The number of carbonyl (C=O) groups excluding carboxylic acids is 2. The summed E-state index contributed by atoms with van der Waals surface area (Å²) in [4.78, 5) is 26.2. The molecule has 6 nitrogen and oxygen atoms in total. The van der Waals surface area contributed by atoms with Crippen LogP contribution in [0.2, 0.25) is 0 Å². The lowest BCUT2D eigenvalue weighted by atomic mass is 10.1. The van der Waals surface area contributed by atoms with Gasteiger partial charge in [0.1, 0.15) is 5.57 Å². The molecule has 1 N–H and O–H groups in total. The number of aryl methyl sites for hydroxylation is 1. The van der Waals surface area contributed by atoms with Gasteiger partial charge in [-0.3, -0.25) is 19.8 Å². The second-order valence-corrected chi connectivity index (χ2v) is 6.83. The van der Waals surface area contributed by atoms with Gasteiger partial charge in [0.2, 0.25) is 0 Å². The van der Waals surface area contributed by atoms with Crippen LogP contribution in [0.1, 0.15) is 36.7 Å². The van der Waals surface area contributed by atoms with Crippen molar-refractivity contribution < 1.29 is 14.3 Å². The summed E-state index contributed by atoms with van der Waals surface area (Å²) in [6.45, 7) is 7.90. The number of aromatic nitrogens is 1. The van der Waals surface area contributed by atoms with Crippen molar-refractivity contribution in [2.45, 2.75) is 46.3 Å². The predicted octanol–water partition coefficient (Wildman–Crippen LogP) is 1.93. The number of ether oxygens (including phenoxy) is 1. The lowest BCUT2D eigenvalue weighted by molar-refractivity contribution is -0.128. The molecule has 0 unspecified atom stereocenters. The maximum absolute atomic E-state index is 12.5. The number of carbonyl (C=O) groups is 2. The Balaban J connectivity index is 1.91. The molecular weight excluding hydrogens is 338 g/mol. The highest BCUT2D eigenvalue weighted by Gasteiger charge is 2.32. The second-order valence-electron chi connectivity index (χ2n) is 6.44. The first kappa shape index (κ1) is 17.8. The first-order chi connectivity index (χ1) is 11.9. The molecule has 134 valence electrons. The number of nitrogens with zero attached hydrogens (tertiary/aromatic N) is 2. The zero-order valence-corrected chi connectivity index (χ0v) is 15.6. The Bertz CT molecular complexity index is 760. The Morgan fingerprint density at radius 3 is 2.80 bits per heavy atom. The van der Waals surface area contributed by atoms with E-state index < -0.39 is 5.91 Å². The number of nitrogens with one attached hydrogen (secondary N) is 1. The fraction of sp³-hybridized carbons (Fsp3) is 0.500. The van der Waals surface area contributed by atoms with Crippen molar-refractivity contribution in [2.24, 2.45) is 0 Å². The van der Waals surface area contributed by atoms with Crippen molar-refractivity contribution in [3.63, 3.8) is 0 Å². The Morgan fingerprint density at radius 1 is 1.40 bits per heavy atom. The molecule has 25 heavy (non-hydrogen) atoms. The monoisotopic (exact) mass is 361 g/mol. The third kappa shape index (κ3) is 3.39. The van der Waals surface area contributed by atoms with Crippen molar-refractivity contribution >= 4 is 35.2 Å². The molecule has 2 aliphatic heterocycles. The zero-order valence-electron chi connectivity index (χ0n) is 14.8. The van der Waals surface area contributed by atoms with Gasteiger partial charge in [0.15, 0.2) is 5.11 Å². The van der Waals surface area contributed by atoms with E-state index in [1.807, 2.05) is 26.8 Å². The van der Waals surface area contributed by atoms with Crippen LogP contribution in [0.15, 0.2) is 11.6 Å². The highest BCUT2D eigenvalue weighted by molar-refractivity contribution is 7.80. The molecule has 0 saturated carbocycles. The van der Waals surface area contributed by atoms with Crippen molar-refractivity contribution in [3.8, 4) is 0 Å². The summed E-state index contributed by atoms with van der Waals surface area (Å²) >= 11 is 5.06. The third-order valence-electron chi connectivity index (χ3n) is 4.82. The molecule has 2 fully saturated rings. The van der Waals surface area contributed by atoms with Crippen LogP contribution in [0.4, 0.5) is 0 Å². The van der Waals surface area contributed by atoms with E-state index in [0.29, 0.717) is 6.54 Å². The number of likely N-dealkylation sites (N-methyl/N-ethyl adjacent to an activating group) is 1. The molecule has 3 rings (SSSR count). The standard InChI is InChI=1S/C18H23N3O3S/c1-4-20-17(23)15(16(22)19-18(20)25)9-13-8-11(2)21(12(13)3)10-14-6-5-7-24-14/h8-9,14H,4-7,10H2,1-3H3,(H,19,22,25)/b15-9+/t14-/m1/s1. The first-order valence-electron chi connectivity index (χ1n) is 8.59. The fourth-order valence-corrected chi connectivity index (χ4v) is 3.69. The Morgan fingerprint density at radius 2 is 2.16 bits per heavy atom. The quantitative estimate of drug-likeness (QED) is 0.506. The van der Waals surface area contributed by atoms with Gasteiger partial charge < -0.3 is 9.30 Å². The summed E-state index contributed by atoms with van der Waals surface area (Å²) in [6, 6.07) is 2.00. The van der Waals surface area contributed by atoms with E-state index in [9.17, 15) is 9.59 Å². The van der Waals surface area contributed by atoms with E-state index in [1.54, 1.807) is 6.08 Å². The van der Waals surface area contributed by atoms with Crippen molar-refractivity contribution in [2.75, 3.05) is 13.2 Å². The van der Waals surface area contributed by atoms with Crippen LogP contribution in [-0.4, -0.2) is 45.6 Å². The predicted molar refractivity (Wildman–Crippen MR) is 99.0 cm³/mol. The zero-order chi connectivity index (χ0) is 18.1. The van der Waals surface area contributed by atoms with Crippen LogP contribution < -0.4 is 5.32 Å². The van der Waals surface area contributed by atoms with Crippen LogP contribution in [-0.2, 0) is 20.9 Å². The third-order valence-corrected chi connectivity index (χ3v) is 5.15. The number of thiocarbonyl (C=S) groups is 1. The van der Waals surface area contributed by atoms with Gasteiger partial charge in [0.05, 0.1) is 6.10 Å². The van der Waals surface area contributed by atoms with Crippen LogP contribution in [0.5, 0.6) is 0 Å². The Hall–Kier alpha value is -1.99. The minimum Gasteiger partial charge on any atom is -0.376 e. The molecule has 1 aromatic rings. The SMILES string of the molecule is CCN1C(=O)/C(=C/c2cc(C)n(C[C@H]3CCCO3)c2C)C(=O)NC1=S. The number of rotatable bonds is 4. The molecule has 0 radical (unpaired) electrons. The van der Waals surface area contributed by atoms with E-state index in [4.69, 9.17) is 17.0 Å². The molecule has 2 amide bonds. The highest BCUT2D eigenvalue weighted by atomic mass is 32.1. The molecule has 2 saturated heterocycles. The summed E-state index contributed by atoms with van der Waals surface area (Å²) < 4.78 is 7.92. The normalized spacial score (nSPS) is 22.8. The molecule has 7 heteroatoms. The van der Waals surface area contributed by atoms with Crippen LogP contribution in [0.3, 0.4) is 0 Å². The van der Waals surface area contributed by atoms with E-state index in [2.05, 4.69) is 9.88 Å². The van der Waals surface area contributed by atoms with Crippen LogP contribution in [0.25, 0.3) is 6.08 Å². The Kier molecular flexibility index (Phi) is 5.06. The van der Waals surface area contributed by atoms with Gasteiger partial charge in [0.25, 0.3) is 11.8 Å². The molecular formula is C18H23N3O3S. The van der Waals surface area contributed by atoms with E-state index in [0.717, 1.165) is 42.9 Å². The molecule has 0 spiro atoms. The summed E-state index contributed by atoms with van der Waals surface area (Å²) in [5.41, 5.74) is 3.11. The van der Waals surface area contributed by atoms with Gasteiger partial charge in [-0.25, -0.2) is 0 Å². The van der Waals surface area contributed by atoms with Crippen molar-refractivity contribution in [1.29, 1.82) is 0 Å². The number of hydrogen-bond donors (Lipinski definition) is 1. The van der Waals surface area contributed by atoms with E-state index >= 15 is 0 Å². The van der Waals surface area contributed by atoms with E-state index in [1.165, 1.54) is 4.90 Å². The van der Waals surface area contributed by atoms with Gasteiger partial charge >= 0.3 is 0 Å². The summed E-state index contributed by atoms with van der Waals surface area (Å²) in [6.07, 6.45) is 4.06. The average molecular weight is 361 g/mol. The summed E-state index contributed by atoms with van der Waals surface area (Å²) in [5, 5.41) is 2.75. The molecule has 0 aromatic carbocycles. The van der Waals surface area contributed by atoms with Gasteiger partial charge in [-0.1, -0.05) is 0 Å². The smallest absolute Gasteiger partial charge is 0.265 e. The molecule has 0 aliphatic carbocycles. The van der Waals surface area contributed by atoms with Crippen molar-refractivity contribution in [3.05, 3.63) is 28.6 Å². The highest BCUT2D eigenvalue weighted by Crippen LogP contribution is 2.23.